The number of hydrogen-bond acceptors (Lipinski definition) is 1. The van der Waals surface area contributed by atoms with Crippen LogP contribution in [0.25, 0.3) is 6.08 Å². The van der Waals surface area contributed by atoms with E-state index in [2.05, 4.69) is 0 Å². The van der Waals surface area contributed by atoms with Crippen molar-refractivity contribution in [1.82, 2.24) is 0 Å². The minimum atomic E-state index is -0.922. The Morgan fingerprint density at radius 1 is 1.25 bits per heavy atom. The zero-order valence-corrected chi connectivity index (χ0v) is 5.90. The summed E-state index contributed by atoms with van der Waals surface area (Å²) in [6.07, 6.45) is 2.68. The topological polar surface area (TPSA) is 37.3 Å². The van der Waals surface area contributed by atoms with Crippen LogP contribution >= 0.6 is 0 Å². The summed E-state index contributed by atoms with van der Waals surface area (Å²) in [5, 5.41) is 8.29. The van der Waals surface area contributed by atoms with Crippen molar-refractivity contribution in [2.45, 2.75) is 0 Å². The van der Waals surface area contributed by atoms with Crippen LogP contribution in [-0.4, -0.2) is 36.9 Å². The Bertz CT molecular complexity index is 267. The van der Waals surface area contributed by atoms with E-state index in [1.165, 1.54) is 0 Å². The Labute approximate surface area is 89.7 Å². The van der Waals surface area contributed by atoms with Gasteiger partial charge in [-0.3, -0.25) is 0 Å². The second kappa shape index (κ2) is 5.89. The van der Waals surface area contributed by atoms with Crippen LogP contribution in [0.2, 0.25) is 0 Å². The van der Waals surface area contributed by atoms with Gasteiger partial charge in [-0.2, -0.15) is 0 Å². The fraction of sp³-hybridized carbons (Fsp3) is 0. The first kappa shape index (κ1) is 11.3. The minimum absolute atomic E-state index is 0. The molecule has 0 aliphatic heterocycles. The summed E-state index contributed by atoms with van der Waals surface area (Å²) in [7, 11) is 0. The first-order valence-corrected chi connectivity index (χ1v) is 3.25. The molecule has 0 aliphatic rings. The second-order valence-corrected chi connectivity index (χ2v) is 2.08. The van der Waals surface area contributed by atoms with Crippen molar-refractivity contribution in [3.8, 4) is 0 Å². The van der Waals surface area contributed by atoms with E-state index in [1.807, 2.05) is 30.3 Å². The van der Waals surface area contributed by atoms with Gasteiger partial charge in [0.15, 0.2) is 0 Å². The molecule has 1 rings (SSSR count). The Kier molecular flexibility index (Phi) is 5.55. The number of rotatable bonds is 2. The summed E-state index contributed by atoms with van der Waals surface area (Å²) in [6.45, 7) is 0. The molecule has 0 saturated carbocycles. The van der Waals surface area contributed by atoms with E-state index < -0.39 is 5.97 Å². The molecular weight excluding hydrogens is 255 g/mol. The van der Waals surface area contributed by atoms with Crippen LogP contribution in [-0.2, 0) is 4.79 Å². The van der Waals surface area contributed by atoms with Gasteiger partial charge in [0.2, 0.25) is 0 Å². The van der Waals surface area contributed by atoms with Gasteiger partial charge in [0.25, 0.3) is 0 Å². The molecule has 0 fully saturated rings. The van der Waals surface area contributed by atoms with Gasteiger partial charge < -0.3 is 5.11 Å². The monoisotopic (exact) mass is 266 g/mol. The molecule has 0 spiro atoms. The molecule has 3 heteroatoms. The average molecular weight is 266 g/mol. The number of hydrogen-bond donors (Lipinski definition) is 1. The van der Waals surface area contributed by atoms with Crippen molar-refractivity contribution in [1.29, 1.82) is 0 Å². The van der Waals surface area contributed by atoms with Crippen LogP contribution in [0.5, 0.6) is 0 Å². The molecule has 0 saturated heterocycles. The molecule has 0 unspecified atom stereocenters. The molecule has 1 aromatic carbocycles. The normalized spacial score (nSPS) is 9.33. The Hall–Kier alpha value is -0.700. The number of benzene rings is 1. The second-order valence-electron chi connectivity index (χ2n) is 2.08. The van der Waals surface area contributed by atoms with Crippen molar-refractivity contribution >= 4 is 37.9 Å². The van der Waals surface area contributed by atoms with E-state index >= 15 is 0 Å². The van der Waals surface area contributed by atoms with E-state index in [1.54, 1.807) is 6.08 Å². The van der Waals surface area contributed by atoms with E-state index in [-0.39, 0.29) is 25.8 Å². The fourth-order valence-corrected chi connectivity index (χ4v) is 0.732. The predicted octanol–water partition coefficient (Wildman–Crippen LogP) is 0.600. The van der Waals surface area contributed by atoms with Crippen molar-refractivity contribution < 1.29 is 9.90 Å². The van der Waals surface area contributed by atoms with Crippen LogP contribution in [0.1, 0.15) is 5.56 Å². The van der Waals surface area contributed by atoms with Gasteiger partial charge >= 0.3 is 31.8 Å². The molecule has 0 aromatic heterocycles. The van der Waals surface area contributed by atoms with Crippen LogP contribution in [0.3, 0.4) is 0 Å². The first-order chi connectivity index (χ1) is 5.29. The molecule has 1 N–H and O–H groups in total. The third kappa shape index (κ3) is 4.23. The van der Waals surface area contributed by atoms with Crippen LogP contribution in [0.15, 0.2) is 36.4 Å². The molecule has 62 valence electrons. The molecule has 12 heavy (non-hydrogen) atoms. The summed E-state index contributed by atoms with van der Waals surface area (Å²) >= 11 is 0. The third-order valence-corrected chi connectivity index (χ3v) is 1.22. The van der Waals surface area contributed by atoms with E-state index in [4.69, 9.17) is 5.11 Å². The Balaban J connectivity index is 0.00000121. The molecule has 0 aliphatic carbocycles. The van der Waals surface area contributed by atoms with Gasteiger partial charge in [0.05, 0.1) is 0 Å². The van der Waals surface area contributed by atoms with Crippen molar-refractivity contribution in [2.75, 3.05) is 0 Å². The molecule has 0 atom stereocenters. The predicted molar refractivity (Wildman–Crippen MR) is 53.1 cm³/mol. The third-order valence-electron chi connectivity index (χ3n) is 1.22. The van der Waals surface area contributed by atoms with Crippen LogP contribution < -0.4 is 0 Å². The molecule has 2 nitrogen and oxygen atoms in total. The van der Waals surface area contributed by atoms with Gasteiger partial charge in [-0.1, -0.05) is 30.3 Å². The van der Waals surface area contributed by atoms with Crippen molar-refractivity contribution in [3.05, 3.63) is 42.0 Å². The zero-order chi connectivity index (χ0) is 8.10. The van der Waals surface area contributed by atoms with E-state index in [9.17, 15) is 4.79 Å². The maximum atomic E-state index is 10.1. The summed E-state index contributed by atoms with van der Waals surface area (Å²) in [5.74, 6) is -0.922. The van der Waals surface area contributed by atoms with Crippen LogP contribution in [0, 0.1) is 0 Å². The number of carboxylic acid groups (broad SMARTS) is 1. The first-order valence-electron chi connectivity index (χ1n) is 3.25. The summed E-state index contributed by atoms with van der Waals surface area (Å²) < 4.78 is 0. The van der Waals surface area contributed by atoms with Crippen molar-refractivity contribution in [2.24, 2.45) is 0 Å². The van der Waals surface area contributed by atoms with E-state index in [0.717, 1.165) is 11.6 Å². The van der Waals surface area contributed by atoms with Crippen LogP contribution in [0.4, 0.5) is 0 Å². The molecule has 1 aromatic rings. The van der Waals surface area contributed by atoms with Gasteiger partial charge in [-0.25, -0.2) is 4.79 Å². The Morgan fingerprint density at radius 2 is 1.83 bits per heavy atom. The van der Waals surface area contributed by atoms with Gasteiger partial charge in [-0.05, 0) is 11.6 Å². The summed E-state index contributed by atoms with van der Waals surface area (Å²) in [4.78, 5) is 10.1. The Morgan fingerprint density at radius 3 is 2.33 bits per heavy atom. The quantitative estimate of drug-likeness (QED) is 0.796. The maximum absolute atomic E-state index is 10.1. The molecule has 0 bridgehead atoms. The SMILES string of the molecule is O=C(O)/C=C/c1ccccc1.[InH3]. The molecular formula is C9H11InO2. The van der Waals surface area contributed by atoms with Gasteiger partial charge in [-0.15, -0.1) is 0 Å². The fourth-order valence-electron chi connectivity index (χ4n) is 0.732. The molecule has 0 heterocycles. The summed E-state index contributed by atoms with van der Waals surface area (Å²) in [6, 6.07) is 9.31. The number of carbonyl (C=O) groups is 1. The van der Waals surface area contributed by atoms with Crippen molar-refractivity contribution in [3.63, 3.8) is 0 Å². The average Bonchev–Trinajstić information content (AvgIpc) is 2.03. The zero-order valence-electron chi connectivity index (χ0n) is 5.90. The molecule has 0 amide bonds. The van der Waals surface area contributed by atoms with E-state index in [0.29, 0.717) is 0 Å². The molecule has 0 radical (unpaired) electrons. The van der Waals surface area contributed by atoms with Gasteiger partial charge in [0.1, 0.15) is 0 Å². The summed E-state index contributed by atoms with van der Waals surface area (Å²) in [5.41, 5.74) is 0.898. The standard InChI is InChI=1S/C9H8O2.In.3H/c10-9(11)7-6-8-4-2-1-3-5-8;;;;/h1-7H,(H,10,11);;;;/b7-6+;;;;. The number of aliphatic carboxylic acids is 1. The number of carboxylic acids is 1. The van der Waals surface area contributed by atoms with Gasteiger partial charge in [0, 0.05) is 6.08 Å².